The third-order valence-electron chi connectivity index (χ3n) is 4.13. The van der Waals surface area contributed by atoms with Gasteiger partial charge < -0.3 is 10.2 Å². The van der Waals surface area contributed by atoms with Crippen LogP contribution in [0.4, 0.5) is 5.82 Å². The molecule has 1 aromatic carbocycles. The number of hydrogen-bond acceptors (Lipinski definition) is 4. The Labute approximate surface area is 120 Å². The first kappa shape index (κ1) is 13.3. The average molecular weight is 270 g/mol. The molecule has 4 heteroatoms. The van der Waals surface area contributed by atoms with Crippen molar-refractivity contribution in [2.24, 2.45) is 0 Å². The minimum Gasteiger partial charge on any atom is -0.350 e. The number of aromatic nitrogens is 2. The molecule has 1 unspecified atom stereocenters. The summed E-state index contributed by atoms with van der Waals surface area (Å²) in [5.74, 6) is 1.05. The van der Waals surface area contributed by atoms with Crippen LogP contribution in [0.25, 0.3) is 10.8 Å². The zero-order valence-electron chi connectivity index (χ0n) is 12.3. The van der Waals surface area contributed by atoms with E-state index >= 15 is 0 Å². The molecule has 1 saturated heterocycles. The summed E-state index contributed by atoms with van der Waals surface area (Å²) in [5.41, 5.74) is 1.01. The zero-order chi connectivity index (χ0) is 13.9. The standard InChI is InChI=1S/C16H22N4/c1-3-17-11-13-7-6-10-20(13)16-15-9-5-4-8-14(15)12(2)18-19-16/h4-5,8-9,13,17H,3,6-7,10-11H2,1-2H3. The minimum atomic E-state index is 0.537. The Kier molecular flexibility index (Phi) is 3.83. The van der Waals surface area contributed by atoms with Crippen LogP contribution in [0.5, 0.6) is 0 Å². The fraction of sp³-hybridized carbons (Fsp3) is 0.500. The Morgan fingerprint density at radius 1 is 1.25 bits per heavy atom. The Balaban J connectivity index is 1.99. The van der Waals surface area contributed by atoms with Gasteiger partial charge in [-0.3, -0.25) is 0 Å². The van der Waals surface area contributed by atoms with E-state index in [2.05, 4.69) is 51.6 Å². The molecule has 1 aromatic heterocycles. The van der Waals surface area contributed by atoms with Gasteiger partial charge in [0.15, 0.2) is 5.82 Å². The molecule has 0 amide bonds. The lowest BCUT2D eigenvalue weighted by atomic mass is 10.1. The predicted octanol–water partition coefficient (Wildman–Crippen LogP) is 2.52. The van der Waals surface area contributed by atoms with E-state index in [1.54, 1.807) is 0 Å². The summed E-state index contributed by atoms with van der Waals surface area (Å²) in [6.45, 7) is 7.31. The molecule has 0 saturated carbocycles. The van der Waals surface area contributed by atoms with E-state index in [0.29, 0.717) is 6.04 Å². The molecule has 1 atom stereocenters. The van der Waals surface area contributed by atoms with E-state index < -0.39 is 0 Å². The summed E-state index contributed by atoms with van der Waals surface area (Å²) in [7, 11) is 0. The van der Waals surface area contributed by atoms with Crippen LogP contribution in [0.2, 0.25) is 0 Å². The fourth-order valence-corrected chi connectivity index (χ4v) is 3.07. The van der Waals surface area contributed by atoms with Gasteiger partial charge in [-0.15, -0.1) is 5.10 Å². The zero-order valence-corrected chi connectivity index (χ0v) is 12.3. The summed E-state index contributed by atoms with van der Waals surface area (Å²) >= 11 is 0. The lowest BCUT2D eigenvalue weighted by Crippen LogP contribution is -2.38. The topological polar surface area (TPSA) is 41.0 Å². The van der Waals surface area contributed by atoms with Gasteiger partial charge in [-0.25, -0.2) is 0 Å². The highest BCUT2D eigenvalue weighted by Gasteiger charge is 2.27. The molecule has 4 nitrogen and oxygen atoms in total. The van der Waals surface area contributed by atoms with Crippen molar-refractivity contribution in [2.75, 3.05) is 24.5 Å². The van der Waals surface area contributed by atoms with Crippen LogP contribution in [0.3, 0.4) is 0 Å². The van der Waals surface area contributed by atoms with Crippen LogP contribution in [-0.2, 0) is 0 Å². The quantitative estimate of drug-likeness (QED) is 0.927. The number of likely N-dealkylation sites (N-methyl/N-ethyl adjacent to an activating group) is 1. The number of nitrogens with zero attached hydrogens (tertiary/aromatic N) is 3. The van der Waals surface area contributed by atoms with Gasteiger partial charge in [0, 0.05) is 29.9 Å². The SMILES string of the molecule is CCNCC1CCCN1c1nnc(C)c2ccccc12. The lowest BCUT2D eigenvalue weighted by molar-refractivity contribution is 0.584. The van der Waals surface area contributed by atoms with Crippen molar-refractivity contribution in [1.29, 1.82) is 0 Å². The summed E-state index contributed by atoms with van der Waals surface area (Å²) in [4.78, 5) is 2.43. The average Bonchev–Trinajstić information content (AvgIpc) is 2.94. The molecule has 20 heavy (non-hydrogen) atoms. The molecule has 0 spiro atoms. The van der Waals surface area contributed by atoms with Crippen LogP contribution >= 0.6 is 0 Å². The number of rotatable bonds is 4. The van der Waals surface area contributed by atoms with Crippen molar-refractivity contribution in [1.82, 2.24) is 15.5 Å². The van der Waals surface area contributed by atoms with Gasteiger partial charge in [-0.2, -0.15) is 5.10 Å². The van der Waals surface area contributed by atoms with Gasteiger partial charge in [0.2, 0.25) is 0 Å². The maximum atomic E-state index is 4.49. The first-order valence-corrected chi connectivity index (χ1v) is 7.50. The molecule has 0 radical (unpaired) electrons. The summed E-state index contributed by atoms with van der Waals surface area (Å²) in [5, 5.41) is 14.7. The van der Waals surface area contributed by atoms with Crippen molar-refractivity contribution < 1.29 is 0 Å². The van der Waals surface area contributed by atoms with Crippen LogP contribution in [0.1, 0.15) is 25.5 Å². The number of anilines is 1. The highest BCUT2D eigenvalue weighted by atomic mass is 15.3. The highest BCUT2D eigenvalue weighted by molar-refractivity contribution is 5.93. The van der Waals surface area contributed by atoms with Crippen molar-refractivity contribution >= 4 is 16.6 Å². The molecular formula is C16H22N4. The second-order valence-corrected chi connectivity index (χ2v) is 5.45. The van der Waals surface area contributed by atoms with Crippen LogP contribution in [-0.4, -0.2) is 35.9 Å². The summed E-state index contributed by atoms with van der Waals surface area (Å²) in [6, 6.07) is 8.99. The molecule has 2 aromatic rings. The van der Waals surface area contributed by atoms with Crippen LogP contribution in [0.15, 0.2) is 24.3 Å². The smallest absolute Gasteiger partial charge is 0.159 e. The summed E-state index contributed by atoms with van der Waals surface area (Å²) < 4.78 is 0. The van der Waals surface area contributed by atoms with Crippen LogP contribution in [0, 0.1) is 6.92 Å². The number of fused-ring (bicyclic) bond motifs is 1. The lowest BCUT2D eigenvalue weighted by Gasteiger charge is -2.26. The monoisotopic (exact) mass is 270 g/mol. The molecule has 3 rings (SSSR count). The first-order valence-electron chi connectivity index (χ1n) is 7.50. The molecule has 1 aliphatic heterocycles. The Bertz CT molecular complexity index is 596. The Morgan fingerprint density at radius 2 is 2.05 bits per heavy atom. The third kappa shape index (κ3) is 2.36. The number of aryl methyl sites for hydroxylation is 1. The van der Waals surface area contributed by atoms with Gasteiger partial charge in [0.25, 0.3) is 0 Å². The van der Waals surface area contributed by atoms with Crippen molar-refractivity contribution in [3.63, 3.8) is 0 Å². The van der Waals surface area contributed by atoms with Gasteiger partial charge in [0.05, 0.1) is 5.69 Å². The second-order valence-electron chi connectivity index (χ2n) is 5.45. The molecule has 1 N–H and O–H groups in total. The second kappa shape index (κ2) is 5.75. The third-order valence-corrected chi connectivity index (χ3v) is 4.13. The van der Waals surface area contributed by atoms with E-state index in [0.717, 1.165) is 31.1 Å². The van der Waals surface area contributed by atoms with Crippen molar-refractivity contribution in [2.45, 2.75) is 32.7 Å². The van der Waals surface area contributed by atoms with Gasteiger partial charge in [0.1, 0.15) is 0 Å². The van der Waals surface area contributed by atoms with E-state index in [1.165, 1.54) is 23.6 Å². The van der Waals surface area contributed by atoms with E-state index in [9.17, 15) is 0 Å². The van der Waals surface area contributed by atoms with Gasteiger partial charge in [-0.1, -0.05) is 31.2 Å². The normalized spacial score (nSPS) is 18.9. The van der Waals surface area contributed by atoms with Crippen molar-refractivity contribution in [3.05, 3.63) is 30.0 Å². The highest BCUT2D eigenvalue weighted by Crippen LogP contribution is 2.30. The molecule has 1 aliphatic rings. The number of hydrogen-bond donors (Lipinski definition) is 1. The minimum absolute atomic E-state index is 0.537. The van der Waals surface area contributed by atoms with E-state index in [1.807, 2.05) is 6.92 Å². The molecule has 2 heterocycles. The van der Waals surface area contributed by atoms with Crippen molar-refractivity contribution in [3.8, 4) is 0 Å². The first-order chi connectivity index (χ1) is 9.81. The predicted molar refractivity (Wildman–Crippen MR) is 83.2 cm³/mol. The molecule has 1 fully saturated rings. The summed E-state index contributed by atoms with van der Waals surface area (Å²) in [6.07, 6.45) is 2.47. The Morgan fingerprint density at radius 3 is 2.85 bits per heavy atom. The van der Waals surface area contributed by atoms with E-state index in [-0.39, 0.29) is 0 Å². The maximum Gasteiger partial charge on any atom is 0.159 e. The Hall–Kier alpha value is -1.68. The van der Waals surface area contributed by atoms with Gasteiger partial charge in [-0.05, 0) is 26.3 Å². The maximum absolute atomic E-state index is 4.49. The molecule has 106 valence electrons. The number of nitrogens with one attached hydrogen (secondary N) is 1. The molecule has 0 bridgehead atoms. The largest absolute Gasteiger partial charge is 0.350 e. The number of benzene rings is 1. The molecular weight excluding hydrogens is 248 g/mol. The van der Waals surface area contributed by atoms with Gasteiger partial charge >= 0.3 is 0 Å². The van der Waals surface area contributed by atoms with E-state index in [4.69, 9.17) is 0 Å². The van der Waals surface area contributed by atoms with Crippen LogP contribution < -0.4 is 10.2 Å². The molecule has 0 aliphatic carbocycles. The fourth-order valence-electron chi connectivity index (χ4n) is 3.07.